The predicted octanol–water partition coefficient (Wildman–Crippen LogP) is 1.68. The smallest absolute Gasteiger partial charge is 0.149 e. The van der Waals surface area contributed by atoms with Gasteiger partial charge in [0.1, 0.15) is 11.0 Å². The second-order valence-corrected chi connectivity index (χ2v) is 5.53. The number of anilines is 1. The van der Waals surface area contributed by atoms with Crippen LogP contribution in [0.5, 0.6) is 0 Å². The molecule has 0 amide bonds. The molecule has 2 rings (SSSR count). The van der Waals surface area contributed by atoms with E-state index in [4.69, 9.17) is 16.3 Å². The maximum absolute atomic E-state index is 5.85. The zero-order valence-electron chi connectivity index (χ0n) is 11.7. The molecule has 106 valence electrons. The molecule has 5 nitrogen and oxygen atoms in total. The molecule has 0 unspecified atom stereocenters. The van der Waals surface area contributed by atoms with Crippen molar-refractivity contribution in [1.29, 1.82) is 0 Å². The Bertz CT molecular complexity index is 407. The fraction of sp³-hybridized carbons (Fsp3) is 0.692. The van der Waals surface area contributed by atoms with E-state index in [0.717, 1.165) is 32.0 Å². The van der Waals surface area contributed by atoms with Gasteiger partial charge >= 0.3 is 0 Å². The maximum Gasteiger partial charge on any atom is 0.149 e. The third kappa shape index (κ3) is 4.30. The summed E-state index contributed by atoms with van der Waals surface area (Å²) < 4.78 is 5.73. The topological polar surface area (TPSA) is 41.5 Å². The molecule has 0 N–H and O–H groups in total. The minimum atomic E-state index is 0.306. The minimum Gasteiger partial charge on any atom is -0.373 e. The lowest BCUT2D eigenvalue weighted by Crippen LogP contribution is -2.47. The van der Waals surface area contributed by atoms with Gasteiger partial charge in [-0.25, -0.2) is 4.98 Å². The minimum absolute atomic E-state index is 0.306. The fourth-order valence-corrected chi connectivity index (χ4v) is 2.53. The van der Waals surface area contributed by atoms with E-state index >= 15 is 0 Å². The molecule has 1 aromatic rings. The van der Waals surface area contributed by atoms with Crippen molar-refractivity contribution in [3.05, 3.63) is 17.5 Å². The second-order valence-electron chi connectivity index (χ2n) is 5.14. The normalized spacial score (nSPS) is 24.4. The van der Waals surface area contributed by atoms with Crippen molar-refractivity contribution < 1.29 is 4.74 Å². The van der Waals surface area contributed by atoms with Crippen LogP contribution in [0.15, 0.2) is 12.4 Å². The molecular formula is C13H21ClN4O. The molecule has 0 aliphatic carbocycles. The molecule has 0 bridgehead atoms. The molecule has 0 aromatic carbocycles. The largest absolute Gasteiger partial charge is 0.373 e. The van der Waals surface area contributed by atoms with Crippen molar-refractivity contribution in [2.24, 2.45) is 0 Å². The fourth-order valence-electron chi connectivity index (χ4n) is 2.39. The van der Waals surface area contributed by atoms with Crippen LogP contribution >= 0.6 is 11.6 Å². The van der Waals surface area contributed by atoms with E-state index in [2.05, 4.69) is 33.6 Å². The SMILES string of the molecule is C[C@@H]1CN(CCN(C)c2cncc(Cl)n2)C[C@H](C)O1. The van der Waals surface area contributed by atoms with E-state index in [1.807, 2.05) is 7.05 Å². The Morgan fingerprint density at radius 1 is 1.37 bits per heavy atom. The van der Waals surface area contributed by atoms with E-state index in [0.29, 0.717) is 17.4 Å². The summed E-state index contributed by atoms with van der Waals surface area (Å²) in [5.41, 5.74) is 0. The molecule has 0 spiro atoms. The number of rotatable bonds is 4. The van der Waals surface area contributed by atoms with Crippen LogP contribution in [0.3, 0.4) is 0 Å². The number of ether oxygens (including phenoxy) is 1. The summed E-state index contributed by atoms with van der Waals surface area (Å²) in [6.07, 6.45) is 3.89. The highest BCUT2D eigenvalue weighted by molar-refractivity contribution is 6.29. The van der Waals surface area contributed by atoms with Gasteiger partial charge in [-0.3, -0.25) is 9.88 Å². The Balaban J connectivity index is 1.84. The molecule has 0 radical (unpaired) electrons. The highest BCUT2D eigenvalue weighted by Gasteiger charge is 2.22. The zero-order valence-corrected chi connectivity index (χ0v) is 12.5. The summed E-state index contributed by atoms with van der Waals surface area (Å²) in [5.74, 6) is 0.807. The van der Waals surface area contributed by atoms with Crippen LogP contribution in [0.1, 0.15) is 13.8 Å². The van der Waals surface area contributed by atoms with Gasteiger partial charge in [-0.05, 0) is 13.8 Å². The van der Waals surface area contributed by atoms with Gasteiger partial charge in [-0.1, -0.05) is 11.6 Å². The number of morpholine rings is 1. The van der Waals surface area contributed by atoms with Gasteiger partial charge in [-0.2, -0.15) is 0 Å². The quantitative estimate of drug-likeness (QED) is 0.841. The lowest BCUT2D eigenvalue weighted by molar-refractivity contribution is -0.0670. The molecule has 0 saturated carbocycles. The maximum atomic E-state index is 5.85. The Morgan fingerprint density at radius 3 is 2.68 bits per heavy atom. The molecule has 6 heteroatoms. The van der Waals surface area contributed by atoms with Gasteiger partial charge < -0.3 is 9.64 Å². The summed E-state index contributed by atoms with van der Waals surface area (Å²) in [5, 5.41) is 0.429. The lowest BCUT2D eigenvalue weighted by atomic mass is 10.2. The van der Waals surface area contributed by atoms with Crippen molar-refractivity contribution >= 4 is 17.4 Å². The van der Waals surface area contributed by atoms with Gasteiger partial charge in [0.2, 0.25) is 0 Å². The Hall–Kier alpha value is -0.910. The standard InChI is InChI=1S/C13H21ClN4O/c1-10-8-18(9-11(2)19-10)5-4-17(3)13-7-15-6-12(14)16-13/h6-7,10-11H,4-5,8-9H2,1-3H3/t10-,11+. The van der Waals surface area contributed by atoms with Crippen molar-refractivity contribution in [2.45, 2.75) is 26.1 Å². The molecule has 19 heavy (non-hydrogen) atoms. The Morgan fingerprint density at radius 2 is 2.05 bits per heavy atom. The van der Waals surface area contributed by atoms with Gasteiger partial charge in [0.05, 0.1) is 24.6 Å². The first-order valence-corrected chi connectivity index (χ1v) is 6.99. The number of likely N-dealkylation sites (N-methyl/N-ethyl adjacent to an activating group) is 1. The third-order valence-electron chi connectivity index (χ3n) is 3.23. The van der Waals surface area contributed by atoms with Gasteiger partial charge in [0, 0.05) is 33.2 Å². The summed E-state index contributed by atoms with van der Waals surface area (Å²) in [4.78, 5) is 12.8. The first kappa shape index (κ1) is 14.5. The van der Waals surface area contributed by atoms with E-state index in [1.54, 1.807) is 12.4 Å². The summed E-state index contributed by atoms with van der Waals surface area (Å²) in [7, 11) is 2.01. The molecular weight excluding hydrogens is 264 g/mol. The number of hydrogen-bond donors (Lipinski definition) is 0. The monoisotopic (exact) mass is 284 g/mol. The summed E-state index contributed by atoms with van der Waals surface area (Å²) >= 11 is 5.85. The highest BCUT2D eigenvalue weighted by atomic mass is 35.5. The van der Waals surface area contributed by atoms with Gasteiger partial charge in [0.15, 0.2) is 0 Å². The van der Waals surface area contributed by atoms with Crippen LogP contribution in [0, 0.1) is 0 Å². The zero-order chi connectivity index (χ0) is 13.8. The molecule has 1 aliphatic heterocycles. The van der Waals surface area contributed by atoms with Crippen molar-refractivity contribution in [2.75, 3.05) is 38.1 Å². The van der Waals surface area contributed by atoms with Crippen LogP contribution in [-0.2, 0) is 4.74 Å². The number of halogens is 1. The van der Waals surface area contributed by atoms with E-state index < -0.39 is 0 Å². The second kappa shape index (κ2) is 6.50. The first-order valence-electron chi connectivity index (χ1n) is 6.61. The summed E-state index contributed by atoms with van der Waals surface area (Å²) in [6.45, 7) is 8.10. The van der Waals surface area contributed by atoms with Gasteiger partial charge in [-0.15, -0.1) is 0 Å². The molecule has 2 heterocycles. The molecule has 1 saturated heterocycles. The van der Waals surface area contributed by atoms with Crippen molar-refractivity contribution in [3.8, 4) is 0 Å². The van der Waals surface area contributed by atoms with Crippen molar-refractivity contribution in [3.63, 3.8) is 0 Å². The number of nitrogens with zero attached hydrogens (tertiary/aromatic N) is 4. The molecule has 2 atom stereocenters. The van der Waals surface area contributed by atoms with Crippen molar-refractivity contribution in [1.82, 2.24) is 14.9 Å². The Labute approximate surface area is 119 Å². The van der Waals surface area contributed by atoms with Crippen LogP contribution in [0.25, 0.3) is 0 Å². The highest BCUT2D eigenvalue weighted by Crippen LogP contribution is 2.13. The molecule has 1 aliphatic rings. The first-order chi connectivity index (χ1) is 9.04. The van der Waals surface area contributed by atoms with Crippen LogP contribution < -0.4 is 4.90 Å². The average molecular weight is 285 g/mol. The van der Waals surface area contributed by atoms with Crippen LogP contribution in [-0.4, -0.2) is 60.3 Å². The van der Waals surface area contributed by atoms with E-state index in [9.17, 15) is 0 Å². The average Bonchev–Trinajstić information content (AvgIpc) is 2.35. The van der Waals surface area contributed by atoms with Crippen LogP contribution in [0.4, 0.5) is 5.82 Å². The van der Waals surface area contributed by atoms with Gasteiger partial charge in [0.25, 0.3) is 0 Å². The van der Waals surface area contributed by atoms with Crippen LogP contribution in [0.2, 0.25) is 5.15 Å². The third-order valence-corrected chi connectivity index (χ3v) is 3.41. The number of aromatic nitrogens is 2. The molecule has 1 fully saturated rings. The Kier molecular flexibility index (Phi) is 4.96. The lowest BCUT2D eigenvalue weighted by Gasteiger charge is -2.36. The summed E-state index contributed by atoms with van der Waals surface area (Å²) in [6, 6.07) is 0. The predicted molar refractivity (Wildman–Crippen MR) is 76.8 cm³/mol. The van der Waals surface area contributed by atoms with E-state index in [-0.39, 0.29) is 0 Å². The van der Waals surface area contributed by atoms with E-state index in [1.165, 1.54) is 0 Å². The molecule has 1 aromatic heterocycles. The number of hydrogen-bond acceptors (Lipinski definition) is 5.